The number of rotatable bonds is 12. The van der Waals surface area contributed by atoms with Crippen molar-refractivity contribution in [2.24, 2.45) is 5.14 Å². The summed E-state index contributed by atoms with van der Waals surface area (Å²) in [4.78, 5) is 0. The van der Waals surface area contributed by atoms with Gasteiger partial charge in [-0.05, 0) is 66.2 Å². The highest BCUT2D eigenvalue weighted by atomic mass is 32.2. The van der Waals surface area contributed by atoms with Crippen LogP contribution in [0.25, 0.3) is 0 Å². The van der Waals surface area contributed by atoms with Crippen LogP contribution in [0.15, 0.2) is 0 Å². The van der Waals surface area contributed by atoms with Gasteiger partial charge in [-0.25, -0.2) is 13.6 Å². The smallest absolute Gasteiger partial charge is 0.270 e. The van der Waals surface area contributed by atoms with Gasteiger partial charge in [-0.1, -0.05) is 0 Å². The van der Waals surface area contributed by atoms with Gasteiger partial charge in [0.25, 0.3) is 10.1 Å². The summed E-state index contributed by atoms with van der Waals surface area (Å²) < 4.78 is 57.3. The van der Waals surface area contributed by atoms with Crippen LogP contribution in [-0.4, -0.2) is 44.1 Å². The van der Waals surface area contributed by atoms with Crippen LogP contribution in [-0.2, 0) is 24.9 Å². The van der Waals surface area contributed by atoms with E-state index in [1.54, 1.807) is 13.8 Å². The van der Waals surface area contributed by atoms with E-state index in [9.17, 15) is 16.8 Å². The van der Waals surface area contributed by atoms with E-state index in [0.717, 1.165) is 6.42 Å². The standard InChI is InChI=1S/C14H31NO6S2/c1-13(2,22(15,16)17)9-5-7-11-21-12-8-6-10-14(3,4)23(18,19)20/h5-12H2,1-4H3,(H2,15,16,17)(H,18,19,20). The topological polar surface area (TPSA) is 124 Å². The average molecular weight is 374 g/mol. The summed E-state index contributed by atoms with van der Waals surface area (Å²) >= 11 is 0. The van der Waals surface area contributed by atoms with Gasteiger partial charge in [-0.15, -0.1) is 0 Å². The van der Waals surface area contributed by atoms with Gasteiger partial charge in [-0.3, -0.25) is 4.55 Å². The summed E-state index contributed by atoms with van der Waals surface area (Å²) in [6.07, 6.45) is 3.66. The van der Waals surface area contributed by atoms with Crippen molar-refractivity contribution in [2.45, 2.75) is 75.7 Å². The van der Waals surface area contributed by atoms with Crippen molar-refractivity contribution in [1.29, 1.82) is 0 Å². The number of unbranched alkanes of at least 4 members (excludes halogenated alkanes) is 2. The Morgan fingerprint density at radius 2 is 1.22 bits per heavy atom. The molecule has 0 unspecified atom stereocenters. The van der Waals surface area contributed by atoms with Crippen molar-refractivity contribution in [3.8, 4) is 0 Å². The maximum absolute atomic E-state index is 11.3. The molecule has 0 aromatic carbocycles. The Balaban J connectivity index is 3.74. The zero-order valence-electron chi connectivity index (χ0n) is 14.5. The Labute approximate surface area is 140 Å². The van der Waals surface area contributed by atoms with E-state index in [-0.39, 0.29) is 0 Å². The molecule has 0 aromatic rings. The second-order valence-electron chi connectivity index (χ2n) is 7.07. The highest BCUT2D eigenvalue weighted by molar-refractivity contribution is 7.90. The molecule has 9 heteroatoms. The molecule has 140 valence electrons. The van der Waals surface area contributed by atoms with E-state index >= 15 is 0 Å². The lowest BCUT2D eigenvalue weighted by Crippen LogP contribution is -2.37. The lowest BCUT2D eigenvalue weighted by Gasteiger charge is -2.21. The first-order valence-electron chi connectivity index (χ1n) is 7.78. The molecule has 0 heterocycles. The molecule has 0 amide bonds. The van der Waals surface area contributed by atoms with Crippen LogP contribution in [0.5, 0.6) is 0 Å². The molecule has 0 saturated heterocycles. The highest BCUT2D eigenvalue weighted by Gasteiger charge is 2.31. The fraction of sp³-hybridized carbons (Fsp3) is 1.00. The Bertz CT molecular complexity index is 502. The van der Waals surface area contributed by atoms with Crippen LogP contribution in [0.2, 0.25) is 0 Å². The molecule has 7 nitrogen and oxygen atoms in total. The molecule has 0 aliphatic rings. The van der Waals surface area contributed by atoms with Gasteiger partial charge >= 0.3 is 0 Å². The third-order valence-electron chi connectivity index (χ3n) is 4.10. The Kier molecular flexibility index (Phi) is 8.67. The van der Waals surface area contributed by atoms with Gasteiger partial charge in [0.1, 0.15) is 0 Å². The first kappa shape index (κ1) is 22.8. The predicted molar refractivity (Wildman–Crippen MR) is 91.3 cm³/mol. The normalized spacial score (nSPS) is 14.2. The monoisotopic (exact) mass is 373 g/mol. The maximum atomic E-state index is 11.3. The largest absolute Gasteiger partial charge is 0.381 e. The molecule has 0 aliphatic heterocycles. The van der Waals surface area contributed by atoms with E-state index in [4.69, 9.17) is 14.4 Å². The molecule has 0 atom stereocenters. The van der Waals surface area contributed by atoms with Gasteiger partial charge in [0, 0.05) is 13.2 Å². The van der Waals surface area contributed by atoms with Gasteiger partial charge < -0.3 is 4.74 Å². The van der Waals surface area contributed by atoms with Crippen molar-refractivity contribution in [2.75, 3.05) is 13.2 Å². The highest BCUT2D eigenvalue weighted by Crippen LogP contribution is 2.22. The fourth-order valence-electron chi connectivity index (χ4n) is 1.88. The number of ether oxygens (including phenoxy) is 1. The SMILES string of the molecule is CC(C)(CCCCOCCCCC(C)(C)S(=O)(=O)O)S(N)(=O)=O. The van der Waals surface area contributed by atoms with Crippen LogP contribution < -0.4 is 5.14 Å². The van der Waals surface area contributed by atoms with Gasteiger partial charge in [0.2, 0.25) is 10.0 Å². The van der Waals surface area contributed by atoms with Gasteiger partial charge in [-0.2, -0.15) is 8.42 Å². The molecule has 0 aromatic heterocycles. The van der Waals surface area contributed by atoms with Crippen LogP contribution >= 0.6 is 0 Å². The van der Waals surface area contributed by atoms with Crippen LogP contribution in [0.4, 0.5) is 0 Å². The van der Waals surface area contributed by atoms with Crippen molar-refractivity contribution < 1.29 is 26.1 Å². The molecule has 23 heavy (non-hydrogen) atoms. The zero-order chi connectivity index (χ0) is 18.4. The number of sulfonamides is 1. The average Bonchev–Trinajstić information content (AvgIpc) is 2.33. The molecule has 3 N–H and O–H groups in total. The second kappa shape index (κ2) is 8.75. The third-order valence-corrected chi connectivity index (χ3v) is 7.45. The molecule has 0 saturated carbocycles. The molecule has 0 spiro atoms. The molecule has 0 radical (unpaired) electrons. The van der Waals surface area contributed by atoms with Crippen LogP contribution in [0.1, 0.15) is 66.2 Å². The lowest BCUT2D eigenvalue weighted by molar-refractivity contribution is 0.125. The minimum Gasteiger partial charge on any atom is -0.381 e. The van der Waals surface area contributed by atoms with E-state index in [1.165, 1.54) is 13.8 Å². The minimum absolute atomic E-state index is 0.373. The molecule has 0 aliphatic carbocycles. The van der Waals surface area contributed by atoms with Crippen molar-refractivity contribution in [3.63, 3.8) is 0 Å². The first-order valence-corrected chi connectivity index (χ1v) is 10.8. The molecule has 0 fully saturated rings. The van der Waals surface area contributed by atoms with Gasteiger partial charge in [0.05, 0.1) is 9.49 Å². The fourth-order valence-corrected chi connectivity index (χ4v) is 2.71. The number of nitrogens with two attached hydrogens (primary N) is 1. The lowest BCUT2D eigenvalue weighted by atomic mass is 10.1. The maximum Gasteiger partial charge on any atom is 0.270 e. The summed E-state index contributed by atoms with van der Waals surface area (Å²) in [5, 5.41) is 5.15. The zero-order valence-corrected chi connectivity index (χ0v) is 16.2. The van der Waals surface area contributed by atoms with Crippen LogP contribution in [0.3, 0.4) is 0 Å². The summed E-state index contributed by atoms with van der Waals surface area (Å²) in [7, 11) is -7.58. The Morgan fingerprint density at radius 1 is 0.826 bits per heavy atom. The Morgan fingerprint density at radius 3 is 1.57 bits per heavy atom. The quantitative estimate of drug-likeness (QED) is 0.399. The van der Waals surface area contributed by atoms with E-state index in [2.05, 4.69) is 0 Å². The van der Waals surface area contributed by atoms with Crippen molar-refractivity contribution >= 4 is 20.1 Å². The molecule has 0 rings (SSSR count). The minimum atomic E-state index is -4.03. The third kappa shape index (κ3) is 8.44. The van der Waals surface area contributed by atoms with Crippen LogP contribution in [0, 0.1) is 0 Å². The molecule has 0 bridgehead atoms. The molecular weight excluding hydrogens is 342 g/mol. The van der Waals surface area contributed by atoms with Crippen molar-refractivity contribution in [3.05, 3.63) is 0 Å². The van der Waals surface area contributed by atoms with Crippen molar-refractivity contribution in [1.82, 2.24) is 0 Å². The Hall–Kier alpha value is -0.220. The van der Waals surface area contributed by atoms with E-state index < -0.39 is 29.6 Å². The first-order chi connectivity index (χ1) is 10.2. The predicted octanol–water partition coefficient (Wildman–Crippen LogP) is 2.08. The number of hydrogen-bond acceptors (Lipinski definition) is 5. The second-order valence-corrected chi connectivity index (χ2v) is 11.3. The number of hydrogen-bond donors (Lipinski definition) is 2. The summed E-state index contributed by atoms with van der Waals surface area (Å²) in [5.41, 5.74) is 0. The summed E-state index contributed by atoms with van der Waals surface area (Å²) in [6, 6.07) is 0. The van der Waals surface area contributed by atoms with E-state index in [0.29, 0.717) is 45.3 Å². The van der Waals surface area contributed by atoms with E-state index in [1.807, 2.05) is 0 Å². The summed E-state index contributed by atoms with van der Waals surface area (Å²) in [5.74, 6) is 0. The van der Waals surface area contributed by atoms with Gasteiger partial charge in [0.15, 0.2) is 0 Å². The molecular formula is C14H31NO6S2. The number of primary sulfonamides is 1. The summed E-state index contributed by atoms with van der Waals surface area (Å²) in [6.45, 7) is 7.26.